The highest BCUT2D eigenvalue weighted by Crippen LogP contribution is 2.33. The van der Waals surface area contributed by atoms with E-state index in [-0.39, 0.29) is 12.3 Å². The molecule has 0 saturated heterocycles. The first kappa shape index (κ1) is 13.7. The number of aromatic amines is 1. The molecule has 1 fully saturated rings. The number of carbonyl (C=O) groups excluding carboxylic acids is 1. The SMILES string of the molecule is O=C(O)CC1(NC(=O)c2c[nH]c3ccccc23)CCCC1. The number of amides is 1. The average Bonchev–Trinajstić information content (AvgIpc) is 3.04. The smallest absolute Gasteiger partial charge is 0.305 e. The van der Waals surface area contributed by atoms with Gasteiger partial charge in [-0.15, -0.1) is 0 Å². The van der Waals surface area contributed by atoms with Crippen LogP contribution in [-0.4, -0.2) is 27.5 Å². The minimum atomic E-state index is -0.865. The Bertz CT molecular complexity index is 684. The second-order valence-corrected chi connectivity index (χ2v) is 5.76. The summed E-state index contributed by atoms with van der Waals surface area (Å²) < 4.78 is 0. The zero-order chi connectivity index (χ0) is 14.9. The molecule has 1 amide bonds. The van der Waals surface area contributed by atoms with E-state index >= 15 is 0 Å². The molecule has 0 spiro atoms. The highest BCUT2D eigenvalue weighted by molar-refractivity contribution is 6.07. The molecule has 1 aromatic carbocycles. The number of aromatic nitrogens is 1. The van der Waals surface area contributed by atoms with Crippen LogP contribution in [0.3, 0.4) is 0 Å². The van der Waals surface area contributed by atoms with Crippen LogP contribution in [0.5, 0.6) is 0 Å². The molecular formula is C16H18N2O3. The van der Waals surface area contributed by atoms with Gasteiger partial charge in [0, 0.05) is 17.1 Å². The fraction of sp³-hybridized carbons (Fsp3) is 0.375. The Labute approximate surface area is 122 Å². The van der Waals surface area contributed by atoms with Crippen LogP contribution in [0.25, 0.3) is 10.9 Å². The standard InChI is InChI=1S/C16H18N2O3/c19-14(20)9-16(7-3-4-8-16)18-15(21)12-10-17-13-6-2-1-5-11(12)13/h1-2,5-6,10,17H,3-4,7-9H2,(H,18,21)(H,19,20). The largest absolute Gasteiger partial charge is 0.481 e. The Hall–Kier alpha value is -2.30. The maximum atomic E-state index is 12.5. The molecule has 1 aromatic heterocycles. The number of para-hydroxylation sites is 1. The number of H-pyrrole nitrogens is 1. The van der Waals surface area contributed by atoms with Gasteiger partial charge < -0.3 is 15.4 Å². The van der Waals surface area contributed by atoms with E-state index in [0.29, 0.717) is 5.56 Å². The van der Waals surface area contributed by atoms with Gasteiger partial charge in [-0.25, -0.2) is 0 Å². The number of fused-ring (bicyclic) bond motifs is 1. The van der Waals surface area contributed by atoms with Crippen LogP contribution < -0.4 is 5.32 Å². The third-order valence-corrected chi connectivity index (χ3v) is 4.26. The molecule has 21 heavy (non-hydrogen) atoms. The number of hydrogen-bond donors (Lipinski definition) is 3. The van der Waals surface area contributed by atoms with E-state index in [0.717, 1.165) is 36.6 Å². The number of carboxylic acids is 1. The normalized spacial score (nSPS) is 17.0. The van der Waals surface area contributed by atoms with Gasteiger partial charge in [0.2, 0.25) is 0 Å². The molecule has 0 bridgehead atoms. The summed E-state index contributed by atoms with van der Waals surface area (Å²) in [6.45, 7) is 0. The van der Waals surface area contributed by atoms with Crippen molar-refractivity contribution in [2.45, 2.75) is 37.6 Å². The highest BCUT2D eigenvalue weighted by Gasteiger charge is 2.37. The summed E-state index contributed by atoms with van der Waals surface area (Å²) >= 11 is 0. The highest BCUT2D eigenvalue weighted by atomic mass is 16.4. The van der Waals surface area contributed by atoms with Crippen molar-refractivity contribution in [3.05, 3.63) is 36.0 Å². The molecule has 1 aliphatic rings. The molecule has 1 aliphatic carbocycles. The molecule has 0 unspecified atom stereocenters. The fourth-order valence-electron chi connectivity index (χ4n) is 3.25. The number of nitrogens with one attached hydrogen (secondary N) is 2. The van der Waals surface area contributed by atoms with Gasteiger partial charge in [-0.2, -0.15) is 0 Å². The predicted molar refractivity (Wildman–Crippen MR) is 79.2 cm³/mol. The molecule has 0 radical (unpaired) electrons. The molecule has 0 atom stereocenters. The summed E-state index contributed by atoms with van der Waals surface area (Å²) in [6.07, 6.45) is 5.05. The molecule has 1 heterocycles. The monoisotopic (exact) mass is 286 g/mol. The van der Waals surface area contributed by atoms with Crippen LogP contribution in [0.15, 0.2) is 30.5 Å². The lowest BCUT2D eigenvalue weighted by Crippen LogP contribution is -2.47. The molecule has 0 aliphatic heterocycles. The van der Waals surface area contributed by atoms with Gasteiger partial charge in [-0.05, 0) is 18.9 Å². The van der Waals surface area contributed by atoms with E-state index in [1.807, 2.05) is 24.3 Å². The van der Waals surface area contributed by atoms with E-state index < -0.39 is 11.5 Å². The molecular weight excluding hydrogens is 268 g/mol. The number of hydrogen-bond acceptors (Lipinski definition) is 2. The van der Waals surface area contributed by atoms with E-state index in [4.69, 9.17) is 5.11 Å². The van der Waals surface area contributed by atoms with Crippen molar-refractivity contribution >= 4 is 22.8 Å². The first-order chi connectivity index (χ1) is 10.1. The van der Waals surface area contributed by atoms with Crippen LogP contribution in [0, 0.1) is 0 Å². The topological polar surface area (TPSA) is 82.2 Å². The van der Waals surface area contributed by atoms with Gasteiger partial charge in [-0.3, -0.25) is 9.59 Å². The van der Waals surface area contributed by atoms with Crippen LogP contribution in [0.1, 0.15) is 42.5 Å². The lowest BCUT2D eigenvalue weighted by molar-refractivity contribution is -0.138. The summed E-state index contributed by atoms with van der Waals surface area (Å²) in [7, 11) is 0. The quantitative estimate of drug-likeness (QED) is 0.808. The maximum Gasteiger partial charge on any atom is 0.305 e. The molecule has 5 nitrogen and oxygen atoms in total. The van der Waals surface area contributed by atoms with Crippen molar-refractivity contribution in [2.75, 3.05) is 0 Å². The summed E-state index contributed by atoms with van der Waals surface area (Å²) in [6, 6.07) is 7.59. The maximum absolute atomic E-state index is 12.5. The average molecular weight is 286 g/mol. The van der Waals surface area contributed by atoms with Crippen molar-refractivity contribution < 1.29 is 14.7 Å². The van der Waals surface area contributed by atoms with Crippen LogP contribution in [0.2, 0.25) is 0 Å². The number of rotatable bonds is 4. The Morgan fingerprint density at radius 3 is 2.67 bits per heavy atom. The van der Waals surface area contributed by atoms with Crippen molar-refractivity contribution in [2.24, 2.45) is 0 Å². The third-order valence-electron chi connectivity index (χ3n) is 4.26. The van der Waals surface area contributed by atoms with Gasteiger partial charge in [-0.1, -0.05) is 31.0 Å². The minimum absolute atomic E-state index is 0.0128. The third kappa shape index (κ3) is 2.63. The van der Waals surface area contributed by atoms with Gasteiger partial charge in [0.05, 0.1) is 17.5 Å². The molecule has 110 valence electrons. The van der Waals surface area contributed by atoms with E-state index in [1.54, 1.807) is 6.20 Å². The van der Waals surface area contributed by atoms with Crippen molar-refractivity contribution in [3.63, 3.8) is 0 Å². The van der Waals surface area contributed by atoms with Crippen LogP contribution in [0.4, 0.5) is 0 Å². The van der Waals surface area contributed by atoms with Crippen molar-refractivity contribution in [1.82, 2.24) is 10.3 Å². The van der Waals surface area contributed by atoms with Gasteiger partial charge >= 0.3 is 5.97 Å². The number of benzene rings is 1. The second-order valence-electron chi connectivity index (χ2n) is 5.76. The lowest BCUT2D eigenvalue weighted by atomic mass is 9.92. The summed E-state index contributed by atoms with van der Waals surface area (Å²) in [5.74, 6) is -1.06. The van der Waals surface area contributed by atoms with E-state index in [2.05, 4.69) is 10.3 Å². The first-order valence-corrected chi connectivity index (χ1v) is 7.20. The second kappa shape index (κ2) is 5.24. The summed E-state index contributed by atoms with van der Waals surface area (Å²) in [5, 5.41) is 12.9. The number of aliphatic carboxylic acids is 1. The predicted octanol–water partition coefficient (Wildman–Crippen LogP) is 2.69. The Balaban J connectivity index is 1.86. The summed E-state index contributed by atoms with van der Waals surface area (Å²) in [4.78, 5) is 26.7. The molecule has 5 heteroatoms. The Morgan fingerprint density at radius 2 is 1.95 bits per heavy atom. The summed E-state index contributed by atoms with van der Waals surface area (Å²) in [5.41, 5.74) is 0.880. The molecule has 3 rings (SSSR count). The van der Waals surface area contributed by atoms with E-state index in [1.165, 1.54) is 0 Å². The number of carbonyl (C=O) groups is 2. The van der Waals surface area contributed by atoms with Gasteiger partial charge in [0.1, 0.15) is 0 Å². The lowest BCUT2D eigenvalue weighted by Gasteiger charge is -2.28. The van der Waals surface area contributed by atoms with Crippen LogP contribution in [-0.2, 0) is 4.79 Å². The molecule has 1 saturated carbocycles. The van der Waals surface area contributed by atoms with Gasteiger partial charge in [0.15, 0.2) is 0 Å². The van der Waals surface area contributed by atoms with E-state index in [9.17, 15) is 9.59 Å². The molecule has 2 aromatic rings. The zero-order valence-corrected chi connectivity index (χ0v) is 11.7. The number of carboxylic acid groups (broad SMARTS) is 1. The zero-order valence-electron chi connectivity index (χ0n) is 11.7. The fourth-order valence-corrected chi connectivity index (χ4v) is 3.25. The minimum Gasteiger partial charge on any atom is -0.481 e. The van der Waals surface area contributed by atoms with Crippen LogP contribution >= 0.6 is 0 Å². The van der Waals surface area contributed by atoms with Gasteiger partial charge in [0.25, 0.3) is 5.91 Å². The Morgan fingerprint density at radius 1 is 1.24 bits per heavy atom. The van der Waals surface area contributed by atoms with Crippen molar-refractivity contribution in [3.8, 4) is 0 Å². The van der Waals surface area contributed by atoms with Crippen molar-refractivity contribution in [1.29, 1.82) is 0 Å². The Kier molecular flexibility index (Phi) is 3.41. The molecule has 3 N–H and O–H groups in total. The first-order valence-electron chi connectivity index (χ1n) is 7.20.